The minimum Gasteiger partial charge on any atom is -0.481 e. The molecule has 1 aromatic carbocycles. The number of carbonyl (C=O) groups is 2. The average Bonchev–Trinajstić information content (AvgIpc) is 3.17. The Hall–Kier alpha value is -3.25. The topological polar surface area (TPSA) is 136 Å². The second kappa shape index (κ2) is 14.1. The molecule has 0 amide bonds. The Morgan fingerprint density at radius 1 is 1.13 bits per heavy atom. The maximum atomic E-state index is 13.5. The number of unbranched alkanes of at least 4 members (excludes halogenated alkanes) is 3. The van der Waals surface area contributed by atoms with Crippen LogP contribution < -0.4 is 0 Å². The largest absolute Gasteiger partial charge is 0.481 e. The number of hydrogen-bond donors (Lipinski definition) is 3. The third-order valence-corrected chi connectivity index (χ3v) is 6.83. The number of carboxylic acid groups (broad SMARTS) is 1. The lowest BCUT2D eigenvalue weighted by Gasteiger charge is -2.15. The van der Waals surface area contributed by atoms with Crippen molar-refractivity contribution in [3.05, 3.63) is 63.9 Å². The van der Waals surface area contributed by atoms with Crippen molar-refractivity contribution in [1.82, 2.24) is 9.55 Å². The van der Waals surface area contributed by atoms with Crippen LogP contribution in [0.15, 0.2) is 36.5 Å². The number of carbonyl (C=O) groups excluding carboxylic acids is 1. The van der Waals surface area contributed by atoms with Crippen molar-refractivity contribution in [2.45, 2.75) is 70.9 Å². The Morgan fingerprint density at radius 3 is 2.53 bits per heavy atom. The maximum absolute atomic E-state index is 13.5. The first-order valence-corrected chi connectivity index (χ1v) is 13.3. The molecular weight excluding hydrogens is 506 g/mol. The number of benzene rings is 1. The average molecular weight is 540 g/mol. The van der Waals surface area contributed by atoms with E-state index in [1.807, 2.05) is 18.2 Å². The van der Waals surface area contributed by atoms with Crippen molar-refractivity contribution < 1.29 is 24.9 Å². The third-order valence-electron chi connectivity index (χ3n) is 6.59. The predicted molar refractivity (Wildman–Crippen MR) is 145 cm³/mol. The first kappa shape index (κ1) is 29.3. The van der Waals surface area contributed by atoms with Crippen LogP contribution in [0.3, 0.4) is 0 Å². The summed E-state index contributed by atoms with van der Waals surface area (Å²) < 4.78 is 1.76. The summed E-state index contributed by atoms with van der Waals surface area (Å²) in [5, 5.41) is 39.5. The SMILES string of the molecule is C[C@H](CC(=O)O)CC(=O)c1c(CCCCCCc2cccc(Cl)c2)n(C[C@H](O)CO)c2ncc(C#N)cc12. The Bertz CT molecular complexity index is 1310. The quantitative estimate of drug-likeness (QED) is 0.184. The zero-order valence-corrected chi connectivity index (χ0v) is 22.3. The van der Waals surface area contributed by atoms with Gasteiger partial charge in [0.05, 0.1) is 24.8 Å². The van der Waals surface area contributed by atoms with Gasteiger partial charge in [0.2, 0.25) is 0 Å². The predicted octanol–water partition coefficient (Wildman–Crippen LogP) is 4.94. The smallest absolute Gasteiger partial charge is 0.303 e. The Labute approximate surface area is 227 Å². The molecule has 0 radical (unpaired) electrons. The lowest BCUT2D eigenvalue weighted by Crippen LogP contribution is -2.22. The Morgan fingerprint density at radius 2 is 1.87 bits per heavy atom. The zero-order valence-electron chi connectivity index (χ0n) is 21.6. The van der Waals surface area contributed by atoms with Crippen molar-refractivity contribution in [2.24, 2.45) is 5.92 Å². The molecule has 0 fully saturated rings. The fourth-order valence-corrected chi connectivity index (χ4v) is 5.04. The molecule has 0 spiro atoms. The molecule has 3 aromatic rings. The van der Waals surface area contributed by atoms with Crippen molar-refractivity contribution >= 4 is 34.4 Å². The number of aliphatic hydroxyl groups is 2. The molecule has 0 unspecified atom stereocenters. The summed E-state index contributed by atoms with van der Waals surface area (Å²) in [5.74, 6) is -1.55. The Balaban J connectivity index is 1.85. The van der Waals surface area contributed by atoms with Crippen LogP contribution in [0, 0.1) is 17.2 Å². The maximum Gasteiger partial charge on any atom is 0.303 e. The normalized spacial score (nSPS) is 12.8. The number of aliphatic carboxylic acids is 1. The molecule has 0 bridgehead atoms. The molecule has 2 aromatic heterocycles. The van der Waals surface area contributed by atoms with Gasteiger partial charge in [-0.25, -0.2) is 4.98 Å². The number of aromatic nitrogens is 2. The van der Waals surface area contributed by atoms with E-state index < -0.39 is 18.7 Å². The highest BCUT2D eigenvalue weighted by molar-refractivity contribution is 6.30. The summed E-state index contributed by atoms with van der Waals surface area (Å²) in [6, 6.07) is 11.5. The number of aryl methyl sites for hydroxylation is 1. The van der Waals surface area contributed by atoms with Crippen molar-refractivity contribution in [3.63, 3.8) is 0 Å². The lowest BCUT2D eigenvalue weighted by atomic mass is 9.94. The van der Waals surface area contributed by atoms with Crippen LogP contribution in [0.1, 0.15) is 72.6 Å². The van der Waals surface area contributed by atoms with Crippen LogP contribution in [-0.2, 0) is 24.2 Å². The Kier molecular flexibility index (Phi) is 10.8. The van der Waals surface area contributed by atoms with E-state index in [1.54, 1.807) is 17.6 Å². The minimum atomic E-state index is -1.05. The van der Waals surface area contributed by atoms with Crippen LogP contribution in [0.2, 0.25) is 5.02 Å². The molecule has 9 heteroatoms. The van der Waals surface area contributed by atoms with E-state index in [-0.39, 0.29) is 31.1 Å². The fraction of sp³-hybridized carbons (Fsp3) is 0.448. The van der Waals surface area contributed by atoms with Gasteiger partial charge in [0.1, 0.15) is 11.7 Å². The van der Waals surface area contributed by atoms with E-state index in [0.717, 1.165) is 37.1 Å². The monoisotopic (exact) mass is 539 g/mol. The van der Waals surface area contributed by atoms with Crippen LogP contribution in [0.5, 0.6) is 0 Å². The first-order chi connectivity index (χ1) is 18.2. The number of fused-ring (bicyclic) bond motifs is 1. The van der Waals surface area contributed by atoms with Gasteiger partial charge in [-0.05, 0) is 55.4 Å². The van der Waals surface area contributed by atoms with Gasteiger partial charge in [0.25, 0.3) is 0 Å². The van der Waals surface area contributed by atoms with Gasteiger partial charge in [0.15, 0.2) is 5.78 Å². The molecule has 202 valence electrons. The molecule has 38 heavy (non-hydrogen) atoms. The van der Waals surface area contributed by atoms with Gasteiger partial charge in [-0.3, -0.25) is 9.59 Å². The molecule has 0 aliphatic carbocycles. The number of halogens is 1. The number of hydrogen-bond acceptors (Lipinski definition) is 6. The number of ketones is 1. The molecule has 2 heterocycles. The van der Waals surface area contributed by atoms with Crippen LogP contribution in [-0.4, -0.2) is 49.3 Å². The first-order valence-electron chi connectivity index (χ1n) is 12.9. The van der Waals surface area contributed by atoms with Gasteiger partial charge in [-0.1, -0.05) is 43.5 Å². The second-order valence-electron chi connectivity index (χ2n) is 9.85. The fourth-order valence-electron chi connectivity index (χ4n) is 4.83. The molecule has 0 aliphatic heterocycles. The summed E-state index contributed by atoms with van der Waals surface area (Å²) >= 11 is 6.07. The molecule has 2 atom stereocenters. The van der Waals surface area contributed by atoms with Gasteiger partial charge >= 0.3 is 5.97 Å². The van der Waals surface area contributed by atoms with E-state index >= 15 is 0 Å². The van der Waals surface area contributed by atoms with E-state index in [1.165, 1.54) is 11.8 Å². The van der Waals surface area contributed by atoms with Crippen LogP contribution in [0.4, 0.5) is 0 Å². The highest BCUT2D eigenvalue weighted by Gasteiger charge is 2.26. The summed E-state index contributed by atoms with van der Waals surface area (Å²) in [5.41, 5.74) is 3.07. The minimum absolute atomic E-state index is 0.0391. The number of nitriles is 1. The standard InChI is InChI=1S/C29H34ClN3O5/c1-19(12-27(37)38)11-26(36)28-24-14-21(15-31)16-32-29(24)33(17-23(35)18-34)25(28)10-5-3-2-4-7-20-8-6-9-22(30)13-20/h6,8-9,13-14,16,19,23,34-35H,2-5,7,10-12,17-18H2,1H3,(H,37,38)/t19-,23-/m0/s1. The molecule has 3 N–H and O–H groups in total. The summed E-state index contributed by atoms with van der Waals surface area (Å²) in [6.45, 7) is 1.32. The van der Waals surface area contributed by atoms with Crippen molar-refractivity contribution in [1.29, 1.82) is 5.26 Å². The highest BCUT2D eigenvalue weighted by Crippen LogP contribution is 2.30. The molecule has 3 rings (SSSR count). The van der Waals surface area contributed by atoms with Gasteiger partial charge in [-0.2, -0.15) is 5.26 Å². The highest BCUT2D eigenvalue weighted by atomic mass is 35.5. The van der Waals surface area contributed by atoms with Gasteiger partial charge in [-0.15, -0.1) is 0 Å². The lowest BCUT2D eigenvalue weighted by molar-refractivity contribution is -0.137. The molecular formula is C29H34ClN3O5. The third kappa shape index (κ3) is 7.87. The van der Waals surface area contributed by atoms with Crippen LogP contribution >= 0.6 is 11.6 Å². The van der Waals surface area contributed by atoms with Crippen LogP contribution in [0.25, 0.3) is 11.0 Å². The molecule has 0 saturated heterocycles. The number of Topliss-reactive ketones (excluding diaryl/α,β-unsaturated/α-hetero) is 1. The van der Waals surface area contributed by atoms with E-state index in [9.17, 15) is 25.1 Å². The molecule has 8 nitrogen and oxygen atoms in total. The van der Waals surface area contributed by atoms with Crippen molar-refractivity contribution in [3.8, 4) is 6.07 Å². The summed E-state index contributed by atoms with van der Waals surface area (Å²) in [6.07, 6.45) is 5.45. The van der Waals surface area contributed by atoms with E-state index in [4.69, 9.17) is 16.7 Å². The molecule has 0 aliphatic rings. The zero-order chi connectivity index (χ0) is 27.7. The second-order valence-corrected chi connectivity index (χ2v) is 10.3. The van der Waals surface area contributed by atoms with Gasteiger partial charge in [0, 0.05) is 40.7 Å². The number of carboxylic acids is 1. The molecule has 0 saturated carbocycles. The number of aliphatic hydroxyl groups excluding tert-OH is 2. The van der Waals surface area contributed by atoms with E-state index in [0.29, 0.717) is 34.3 Å². The van der Waals surface area contributed by atoms with E-state index in [2.05, 4.69) is 17.1 Å². The number of rotatable bonds is 15. The van der Waals surface area contributed by atoms with Gasteiger partial charge < -0.3 is 19.9 Å². The summed E-state index contributed by atoms with van der Waals surface area (Å²) in [4.78, 5) is 29.1. The van der Waals surface area contributed by atoms with Crippen molar-refractivity contribution in [2.75, 3.05) is 6.61 Å². The number of nitrogens with zero attached hydrogens (tertiary/aromatic N) is 3. The summed E-state index contributed by atoms with van der Waals surface area (Å²) in [7, 11) is 0. The number of pyridine rings is 1.